The summed E-state index contributed by atoms with van der Waals surface area (Å²) in [7, 11) is 0. The minimum Gasteiger partial charge on any atom is -0.455 e. The van der Waals surface area contributed by atoms with Crippen LogP contribution in [0.2, 0.25) is 0 Å². The number of aliphatic imine (C=N–C) groups is 1. The molecular weight excluding hydrogens is 444 g/mol. The molecule has 0 N–H and O–H groups in total. The molecule has 1 atom stereocenters. The highest BCUT2D eigenvalue weighted by atomic mass is 79.9. The lowest BCUT2D eigenvalue weighted by Crippen LogP contribution is -2.26. The molecule has 0 spiro atoms. The van der Waals surface area contributed by atoms with E-state index in [1.807, 2.05) is 36.4 Å². The largest absolute Gasteiger partial charge is 0.455 e. The zero-order valence-electron chi connectivity index (χ0n) is 16.8. The Bertz CT molecular complexity index is 1110. The molecule has 3 aromatic rings. The van der Waals surface area contributed by atoms with Crippen molar-refractivity contribution >= 4 is 38.5 Å². The van der Waals surface area contributed by atoms with Gasteiger partial charge in [0, 0.05) is 14.9 Å². The SMILES string of the molecule is CC(C)(C)[C@H]1CCc2c(sc(N=Cc3ccc(-c4cccc(Br)c4)o3)c2C#N)C1. The molecule has 0 unspecified atom stereocenters. The summed E-state index contributed by atoms with van der Waals surface area (Å²) in [4.78, 5) is 5.96. The highest BCUT2D eigenvalue weighted by Crippen LogP contribution is 2.44. The van der Waals surface area contributed by atoms with Crippen molar-refractivity contribution in [3.05, 3.63) is 62.6 Å². The Kier molecular flexibility index (Phi) is 5.50. The van der Waals surface area contributed by atoms with Crippen LogP contribution in [0.1, 0.15) is 49.0 Å². The first-order valence-electron chi connectivity index (χ1n) is 9.79. The molecule has 0 amide bonds. The maximum absolute atomic E-state index is 9.72. The molecule has 29 heavy (non-hydrogen) atoms. The van der Waals surface area contributed by atoms with Gasteiger partial charge in [-0.25, -0.2) is 4.99 Å². The molecule has 2 aromatic heterocycles. The van der Waals surface area contributed by atoms with Gasteiger partial charge in [-0.2, -0.15) is 5.26 Å². The molecule has 0 radical (unpaired) electrons. The maximum atomic E-state index is 9.72. The first-order valence-corrected chi connectivity index (χ1v) is 11.4. The Balaban J connectivity index is 1.59. The van der Waals surface area contributed by atoms with Crippen LogP contribution in [-0.2, 0) is 12.8 Å². The standard InChI is InChI=1S/C24H23BrN2OS/c1-24(2,3)16-7-9-19-20(13-26)23(29-22(19)12-16)27-14-18-8-10-21(28-18)15-5-4-6-17(25)11-15/h4-6,8,10-11,14,16H,7,9,12H2,1-3H3/t16-/m0/s1. The number of halogens is 1. The van der Waals surface area contributed by atoms with E-state index in [1.54, 1.807) is 17.6 Å². The van der Waals surface area contributed by atoms with Gasteiger partial charge in [-0.05, 0) is 60.4 Å². The molecule has 0 saturated carbocycles. The molecule has 0 aliphatic heterocycles. The van der Waals surface area contributed by atoms with Gasteiger partial charge in [0.15, 0.2) is 0 Å². The minimum absolute atomic E-state index is 0.287. The summed E-state index contributed by atoms with van der Waals surface area (Å²) in [6.07, 6.45) is 4.88. The summed E-state index contributed by atoms with van der Waals surface area (Å²) in [6, 6.07) is 14.3. The topological polar surface area (TPSA) is 49.3 Å². The maximum Gasteiger partial charge on any atom is 0.145 e. The average Bonchev–Trinajstić information content (AvgIpc) is 3.29. The van der Waals surface area contributed by atoms with Crippen LogP contribution in [0, 0.1) is 22.7 Å². The predicted molar refractivity (Wildman–Crippen MR) is 123 cm³/mol. The number of nitriles is 1. The normalized spacial score (nSPS) is 16.7. The van der Waals surface area contributed by atoms with Crippen molar-refractivity contribution in [1.82, 2.24) is 0 Å². The molecule has 0 saturated heterocycles. The molecule has 1 aliphatic carbocycles. The van der Waals surface area contributed by atoms with Gasteiger partial charge in [-0.1, -0.05) is 48.8 Å². The van der Waals surface area contributed by atoms with Crippen molar-refractivity contribution in [3.8, 4) is 17.4 Å². The van der Waals surface area contributed by atoms with Gasteiger partial charge in [0.05, 0.1) is 11.8 Å². The highest BCUT2D eigenvalue weighted by molar-refractivity contribution is 9.10. The van der Waals surface area contributed by atoms with Crippen molar-refractivity contribution < 1.29 is 4.42 Å². The zero-order chi connectivity index (χ0) is 20.6. The fourth-order valence-electron chi connectivity index (χ4n) is 3.86. The number of hydrogen-bond donors (Lipinski definition) is 0. The lowest BCUT2D eigenvalue weighted by Gasteiger charge is -2.33. The van der Waals surface area contributed by atoms with Gasteiger partial charge < -0.3 is 4.42 Å². The van der Waals surface area contributed by atoms with Crippen molar-refractivity contribution in [3.63, 3.8) is 0 Å². The van der Waals surface area contributed by atoms with Crippen LogP contribution in [-0.4, -0.2) is 6.21 Å². The predicted octanol–water partition coefficient (Wildman–Crippen LogP) is 7.54. The molecule has 1 aliphatic rings. The van der Waals surface area contributed by atoms with Crippen LogP contribution in [0.4, 0.5) is 5.00 Å². The lowest BCUT2D eigenvalue weighted by atomic mass is 9.72. The van der Waals surface area contributed by atoms with Crippen molar-refractivity contribution in [2.24, 2.45) is 16.3 Å². The van der Waals surface area contributed by atoms with E-state index in [4.69, 9.17) is 4.42 Å². The van der Waals surface area contributed by atoms with Crippen molar-refractivity contribution in [2.75, 3.05) is 0 Å². The lowest BCUT2D eigenvalue weighted by molar-refractivity contribution is 0.218. The second kappa shape index (κ2) is 7.93. The monoisotopic (exact) mass is 466 g/mol. The third kappa shape index (κ3) is 4.24. The quantitative estimate of drug-likeness (QED) is 0.374. The Morgan fingerprint density at radius 2 is 2.10 bits per heavy atom. The second-order valence-corrected chi connectivity index (χ2v) is 10.6. The first kappa shape index (κ1) is 20.1. The fraction of sp³-hybridized carbons (Fsp3) is 0.333. The second-order valence-electron chi connectivity index (χ2n) is 8.57. The van der Waals surface area contributed by atoms with Crippen molar-refractivity contribution in [1.29, 1.82) is 5.26 Å². The molecular formula is C24H23BrN2OS. The molecule has 0 bridgehead atoms. The van der Waals surface area contributed by atoms with Crippen LogP contribution in [0.15, 0.2) is 50.3 Å². The van der Waals surface area contributed by atoms with E-state index in [9.17, 15) is 5.26 Å². The van der Waals surface area contributed by atoms with Crippen LogP contribution in [0.5, 0.6) is 0 Å². The third-order valence-corrected chi connectivity index (χ3v) is 7.28. The van der Waals surface area contributed by atoms with E-state index in [2.05, 4.69) is 47.8 Å². The number of fused-ring (bicyclic) bond motifs is 1. The smallest absolute Gasteiger partial charge is 0.145 e. The highest BCUT2D eigenvalue weighted by Gasteiger charge is 2.32. The number of furan rings is 1. The van der Waals surface area contributed by atoms with Gasteiger partial charge in [-0.15, -0.1) is 11.3 Å². The number of rotatable bonds is 3. The van der Waals surface area contributed by atoms with E-state index >= 15 is 0 Å². The molecule has 5 heteroatoms. The molecule has 0 fully saturated rings. The Hall–Kier alpha value is -2.16. The van der Waals surface area contributed by atoms with E-state index in [0.717, 1.165) is 45.6 Å². The summed E-state index contributed by atoms with van der Waals surface area (Å²) in [6.45, 7) is 6.92. The number of hydrogen-bond acceptors (Lipinski definition) is 4. The van der Waals surface area contributed by atoms with E-state index < -0.39 is 0 Å². The summed E-state index contributed by atoms with van der Waals surface area (Å²) in [5, 5.41) is 10.5. The number of nitrogens with zero attached hydrogens (tertiary/aromatic N) is 2. The third-order valence-electron chi connectivity index (χ3n) is 5.63. The minimum atomic E-state index is 0.287. The van der Waals surface area contributed by atoms with E-state index in [1.165, 1.54) is 10.4 Å². The van der Waals surface area contributed by atoms with Crippen LogP contribution >= 0.6 is 27.3 Å². The van der Waals surface area contributed by atoms with Crippen LogP contribution in [0.25, 0.3) is 11.3 Å². The van der Waals surface area contributed by atoms with Gasteiger partial charge in [0.1, 0.15) is 22.6 Å². The fourth-order valence-corrected chi connectivity index (χ4v) is 5.48. The molecule has 2 heterocycles. The van der Waals surface area contributed by atoms with Gasteiger partial charge >= 0.3 is 0 Å². The summed E-state index contributed by atoms with van der Waals surface area (Å²) in [5.74, 6) is 2.13. The zero-order valence-corrected chi connectivity index (χ0v) is 19.2. The van der Waals surface area contributed by atoms with Gasteiger partial charge in [0.25, 0.3) is 0 Å². The summed E-state index contributed by atoms with van der Waals surface area (Å²) < 4.78 is 6.95. The average molecular weight is 467 g/mol. The number of thiophene rings is 1. The molecule has 1 aromatic carbocycles. The Morgan fingerprint density at radius 1 is 1.28 bits per heavy atom. The Morgan fingerprint density at radius 3 is 2.83 bits per heavy atom. The van der Waals surface area contributed by atoms with Crippen LogP contribution in [0.3, 0.4) is 0 Å². The first-order chi connectivity index (χ1) is 13.8. The molecule has 148 valence electrons. The van der Waals surface area contributed by atoms with Crippen LogP contribution < -0.4 is 0 Å². The van der Waals surface area contributed by atoms with E-state index in [-0.39, 0.29) is 5.41 Å². The van der Waals surface area contributed by atoms with Gasteiger partial charge in [0.2, 0.25) is 0 Å². The summed E-state index contributed by atoms with van der Waals surface area (Å²) in [5.41, 5.74) is 3.25. The number of benzene rings is 1. The van der Waals surface area contributed by atoms with Gasteiger partial charge in [-0.3, -0.25) is 0 Å². The molecule has 3 nitrogen and oxygen atoms in total. The summed E-state index contributed by atoms with van der Waals surface area (Å²) >= 11 is 5.15. The van der Waals surface area contributed by atoms with Crippen molar-refractivity contribution in [2.45, 2.75) is 40.0 Å². The molecule has 4 rings (SSSR count). The van der Waals surface area contributed by atoms with E-state index in [0.29, 0.717) is 11.7 Å². The Labute approximate surface area is 184 Å².